The van der Waals surface area contributed by atoms with Crippen molar-refractivity contribution < 1.29 is 14.0 Å². The molecule has 0 aliphatic rings. The zero-order valence-electron chi connectivity index (χ0n) is 15.2. The van der Waals surface area contributed by atoms with Crippen molar-refractivity contribution in [1.82, 2.24) is 0 Å². The molecule has 0 heterocycles. The number of esters is 1. The van der Waals surface area contributed by atoms with Crippen LogP contribution in [-0.2, 0) is 14.0 Å². The highest BCUT2D eigenvalue weighted by Gasteiger charge is 2.49. The van der Waals surface area contributed by atoms with Crippen molar-refractivity contribution in [3.63, 3.8) is 0 Å². The van der Waals surface area contributed by atoms with Gasteiger partial charge in [-0.15, -0.1) is 6.58 Å². The molecule has 1 atom stereocenters. The Morgan fingerprint density at radius 2 is 1.57 bits per heavy atom. The highest BCUT2D eigenvalue weighted by molar-refractivity contribution is 6.77. The van der Waals surface area contributed by atoms with Crippen LogP contribution in [-0.4, -0.2) is 27.0 Å². The van der Waals surface area contributed by atoms with Crippen molar-refractivity contribution >= 4 is 14.3 Å². The molecule has 0 saturated carbocycles. The van der Waals surface area contributed by atoms with Gasteiger partial charge in [-0.25, -0.2) is 0 Å². The number of ether oxygens (including phenoxy) is 1. The summed E-state index contributed by atoms with van der Waals surface area (Å²) < 4.78 is 11.6. The molecule has 4 heteroatoms. The lowest BCUT2D eigenvalue weighted by Crippen LogP contribution is -2.54. The molecule has 3 nitrogen and oxygen atoms in total. The zero-order valence-corrected chi connectivity index (χ0v) is 16.2. The third kappa shape index (κ3) is 4.96. The van der Waals surface area contributed by atoms with Gasteiger partial charge in [0.25, 0.3) is 0 Å². The van der Waals surface area contributed by atoms with Crippen molar-refractivity contribution in [2.45, 2.75) is 83.5 Å². The fraction of sp³-hybridized carbons (Fsp3) is 0.824. The predicted octanol–water partition coefficient (Wildman–Crippen LogP) is 5.08. The lowest BCUT2D eigenvalue weighted by Gasteiger charge is -2.48. The van der Waals surface area contributed by atoms with E-state index in [-0.39, 0.29) is 12.4 Å². The Labute approximate surface area is 132 Å². The first-order valence-corrected chi connectivity index (χ1v) is 10.1. The maximum Gasteiger partial charge on any atom is 0.308 e. The van der Waals surface area contributed by atoms with Gasteiger partial charge in [0.05, 0.1) is 19.1 Å². The summed E-state index contributed by atoms with van der Waals surface area (Å²) in [4.78, 5) is 11.8. The van der Waals surface area contributed by atoms with Crippen LogP contribution in [0.2, 0.25) is 16.6 Å². The molecule has 0 rings (SSSR count). The molecule has 0 fully saturated rings. The zero-order chi connectivity index (χ0) is 16.8. The SMILES string of the molecule is C=CCC(C)(CC(=O)OC)O[Si](C(C)C)(C(C)C)C(C)C. The van der Waals surface area contributed by atoms with Crippen molar-refractivity contribution in [1.29, 1.82) is 0 Å². The first kappa shape index (κ1) is 20.4. The molecule has 0 aliphatic carbocycles. The van der Waals surface area contributed by atoms with E-state index in [2.05, 4.69) is 48.1 Å². The molecule has 0 amide bonds. The van der Waals surface area contributed by atoms with E-state index in [1.165, 1.54) is 7.11 Å². The summed E-state index contributed by atoms with van der Waals surface area (Å²) in [5, 5.41) is 0. The molecule has 21 heavy (non-hydrogen) atoms. The quantitative estimate of drug-likeness (QED) is 0.338. The standard InChI is InChI=1S/C17H34O3Si/c1-10-11-17(8,12-16(18)19-9)20-21(13(2)3,14(4)5)15(6)7/h10,13-15H,1,11-12H2,2-9H3. The molecule has 0 bridgehead atoms. The first-order valence-electron chi connectivity index (χ1n) is 7.93. The van der Waals surface area contributed by atoms with E-state index in [9.17, 15) is 4.79 Å². The van der Waals surface area contributed by atoms with Crippen molar-refractivity contribution in [2.24, 2.45) is 0 Å². The average molecular weight is 315 g/mol. The van der Waals surface area contributed by atoms with Crippen molar-refractivity contribution in [3.8, 4) is 0 Å². The maximum absolute atomic E-state index is 11.8. The van der Waals surface area contributed by atoms with Gasteiger partial charge in [0.2, 0.25) is 8.32 Å². The second-order valence-corrected chi connectivity index (χ2v) is 12.5. The Morgan fingerprint density at radius 1 is 1.14 bits per heavy atom. The smallest absolute Gasteiger partial charge is 0.308 e. The lowest BCUT2D eigenvalue weighted by molar-refractivity contribution is -0.145. The van der Waals surface area contributed by atoms with Gasteiger partial charge in [-0.3, -0.25) is 4.79 Å². The van der Waals surface area contributed by atoms with Crippen LogP contribution >= 0.6 is 0 Å². The number of hydrogen-bond donors (Lipinski definition) is 0. The third-order valence-corrected chi connectivity index (χ3v) is 10.7. The van der Waals surface area contributed by atoms with Gasteiger partial charge in [-0.05, 0) is 30.0 Å². The van der Waals surface area contributed by atoms with Gasteiger partial charge in [-0.1, -0.05) is 47.6 Å². The molecule has 0 aromatic carbocycles. The van der Waals surface area contributed by atoms with E-state index in [1.807, 2.05) is 13.0 Å². The largest absolute Gasteiger partial charge is 0.469 e. The topological polar surface area (TPSA) is 35.5 Å². The van der Waals surface area contributed by atoms with Crippen LogP contribution in [0.15, 0.2) is 12.7 Å². The summed E-state index contributed by atoms with van der Waals surface area (Å²) in [5.74, 6) is -0.224. The minimum absolute atomic E-state index is 0.224. The van der Waals surface area contributed by atoms with E-state index in [0.29, 0.717) is 23.0 Å². The summed E-state index contributed by atoms with van der Waals surface area (Å²) in [6.07, 6.45) is 2.77. The van der Waals surface area contributed by atoms with Crippen LogP contribution in [0.1, 0.15) is 61.3 Å². The lowest BCUT2D eigenvalue weighted by atomic mass is 9.98. The van der Waals surface area contributed by atoms with E-state index >= 15 is 0 Å². The van der Waals surface area contributed by atoms with Crippen molar-refractivity contribution in [2.75, 3.05) is 7.11 Å². The van der Waals surface area contributed by atoms with E-state index in [1.54, 1.807) is 0 Å². The van der Waals surface area contributed by atoms with Gasteiger partial charge in [0.15, 0.2) is 0 Å². The normalized spacial score (nSPS) is 15.4. The Morgan fingerprint density at radius 3 is 1.86 bits per heavy atom. The summed E-state index contributed by atoms with van der Waals surface area (Å²) in [6.45, 7) is 19.3. The summed E-state index contributed by atoms with van der Waals surface area (Å²) >= 11 is 0. The van der Waals surface area contributed by atoms with Crippen LogP contribution in [0, 0.1) is 0 Å². The summed E-state index contributed by atoms with van der Waals surface area (Å²) in [5.41, 5.74) is 0.928. The first-order chi connectivity index (χ1) is 9.55. The van der Waals surface area contributed by atoms with Gasteiger partial charge in [0, 0.05) is 0 Å². The van der Waals surface area contributed by atoms with E-state index in [0.717, 1.165) is 0 Å². The number of methoxy groups -OCH3 is 1. The Kier molecular flexibility index (Phi) is 7.90. The summed E-state index contributed by atoms with van der Waals surface area (Å²) in [7, 11) is -0.610. The van der Waals surface area contributed by atoms with Gasteiger partial charge in [0.1, 0.15) is 0 Å². The monoisotopic (exact) mass is 314 g/mol. The van der Waals surface area contributed by atoms with Crippen LogP contribution in [0.25, 0.3) is 0 Å². The number of carbonyl (C=O) groups excluding carboxylic acids is 1. The van der Waals surface area contributed by atoms with E-state index < -0.39 is 13.9 Å². The van der Waals surface area contributed by atoms with Crippen LogP contribution in [0.3, 0.4) is 0 Å². The number of carbonyl (C=O) groups is 1. The van der Waals surface area contributed by atoms with Gasteiger partial charge >= 0.3 is 5.97 Å². The molecule has 0 aromatic rings. The Bertz CT molecular complexity index is 328. The second kappa shape index (κ2) is 8.13. The molecule has 124 valence electrons. The van der Waals surface area contributed by atoms with Gasteiger partial charge < -0.3 is 9.16 Å². The average Bonchev–Trinajstić information content (AvgIpc) is 2.34. The molecular formula is C17H34O3Si. The Hall–Kier alpha value is -0.613. The Balaban J connectivity index is 5.60. The molecule has 0 aliphatic heterocycles. The maximum atomic E-state index is 11.8. The van der Waals surface area contributed by atoms with Crippen LogP contribution in [0.4, 0.5) is 0 Å². The molecule has 0 saturated heterocycles. The minimum Gasteiger partial charge on any atom is -0.469 e. The fourth-order valence-corrected chi connectivity index (χ4v) is 9.33. The van der Waals surface area contributed by atoms with Crippen molar-refractivity contribution in [3.05, 3.63) is 12.7 Å². The molecule has 0 aromatic heterocycles. The van der Waals surface area contributed by atoms with Crippen LogP contribution in [0.5, 0.6) is 0 Å². The molecule has 0 spiro atoms. The van der Waals surface area contributed by atoms with E-state index in [4.69, 9.17) is 9.16 Å². The van der Waals surface area contributed by atoms with Gasteiger partial charge in [-0.2, -0.15) is 0 Å². The third-order valence-electron chi connectivity index (χ3n) is 4.45. The molecule has 0 radical (unpaired) electrons. The molecule has 0 N–H and O–H groups in total. The summed E-state index contributed by atoms with van der Waals surface area (Å²) in [6, 6.07) is 0. The fourth-order valence-electron chi connectivity index (χ4n) is 3.61. The number of rotatable bonds is 9. The predicted molar refractivity (Wildman–Crippen MR) is 92.0 cm³/mol. The van der Waals surface area contributed by atoms with Crippen LogP contribution < -0.4 is 0 Å². The molecule has 1 unspecified atom stereocenters. The highest BCUT2D eigenvalue weighted by Crippen LogP contribution is 2.45. The number of hydrogen-bond acceptors (Lipinski definition) is 3. The highest BCUT2D eigenvalue weighted by atomic mass is 28.4. The minimum atomic E-state index is -2.04. The second-order valence-electron chi connectivity index (χ2n) is 7.12. The molecular weight excluding hydrogens is 280 g/mol.